The lowest BCUT2D eigenvalue weighted by atomic mass is 9.71. The average molecular weight is 1040 g/mol. The van der Waals surface area contributed by atoms with Crippen molar-refractivity contribution >= 4 is 11.0 Å². The molecule has 0 bridgehead atoms. The molecule has 1 N–H and O–H groups in total. The molecule has 394 valence electrons. The molecule has 10 rings (SSSR count). The Morgan fingerprint density at radius 1 is 0.584 bits per heavy atom. The molecule has 2 heterocycles. The van der Waals surface area contributed by atoms with E-state index in [1.54, 1.807) is 103 Å². The van der Waals surface area contributed by atoms with Crippen LogP contribution in [0.5, 0.6) is 5.75 Å². The van der Waals surface area contributed by atoms with Crippen molar-refractivity contribution in [3.05, 3.63) is 191 Å². The Kier molecular flexibility index (Phi) is 7.90. The summed E-state index contributed by atoms with van der Waals surface area (Å²) in [6.07, 6.45) is 4.14. The second kappa shape index (κ2) is 19.8. The van der Waals surface area contributed by atoms with Crippen LogP contribution in [0, 0.1) is 12.3 Å². The van der Waals surface area contributed by atoms with Gasteiger partial charge in [0.15, 0.2) is 0 Å². The lowest BCUT2D eigenvalue weighted by Crippen LogP contribution is -2.20. The minimum absolute atomic E-state index is 0.0261. The molecule has 9 aromatic rings. The number of rotatable bonds is 8. The summed E-state index contributed by atoms with van der Waals surface area (Å²) in [6, 6.07) is 35.1. The van der Waals surface area contributed by atoms with Crippen molar-refractivity contribution in [2.45, 2.75) is 157 Å². The van der Waals surface area contributed by atoms with Gasteiger partial charge in [-0.05, 0) is 175 Å². The number of hydrogen-bond donors (Lipinski definition) is 1. The average Bonchev–Trinajstić information content (AvgIpc) is 0.802. The summed E-state index contributed by atoms with van der Waals surface area (Å²) in [7, 11) is 0. The normalized spacial score (nSPS) is 20.9. The van der Waals surface area contributed by atoms with Crippen LogP contribution in [0.25, 0.3) is 83.9 Å². The predicted molar refractivity (Wildman–Crippen MR) is 328 cm³/mol. The smallest absolute Gasteiger partial charge is 0.149 e. The molecular weight excluding hydrogens is 935 g/mol. The summed E-state index contributed by atoms with van der Waals surface area (Å²) in [5.41, 5.74) is -7.66. The number of phenolic OH excluding ortho intramolecular Hbond substituents is 1. The van der Waals surface area contributed by atoms with Crippen LogP contribution < -0.4 is 0 Å². The predicted octanol–water partition coefficient (Wildman–Crippen LogP) is 20.3. The SMILES string of the molecule is [2H]c1cnc(-c2cc(-c3cccc4c3nc(-c3cc(C(C([2H])([2H])[2H])(C([2H])([2H])[2H])C([2H])([2H])[2H])c([2H])c(C(C([2H])([2H])[2H])(C([2H])([2H])[2H])C([2H])([2H])[2H])c3O)n4-c3ccc(C(C)(C)C)cc3-c3ccccc3)cc(C(C)(C)C)c2)c([2H])c1-c1ccc(-c2ccc(C3([2H])CCC(C)(C)CC3)cc2C([2H])([2H])[2H])cc1. The minimum atomic E-state index is -4.40. The molecule has 77 heavy (non-hydrogen) atoms. The van der Waals surface area contributed by atoms with E-state index in [0.29, 0.717) is 69.0 Å². The zero-order valence-electron chi connectivity index (χ0n) is 69.9. The Morgan fingerprint density at radius 2 is 1.26 bits per heavy atom. The van der Waals surface area contributed by atoms with Crippen LogP contribution >= 0.6 is 0 Å². The molecule has 0 unspecified atom stereocenters. The highest BCUT2D eigenvalue weighted by molar-refractivity contribution is 5.98. The van der Waals surface area contributed by atoms with E-state index in [1.807, 2.05) is 65.8 Å². The number of nitrogens with zero attached hydrogens (tertiary/aromatic N) is 3. The minimum Gasteiger partial charge on any atom is -0.507 e. The van der Waals surface area contributed by atoms with Gasteiger partial charge in [0.2, 0.25) is 0 Å². The fraction of sp³-hybridized carbons (Fsp3) is 0.342. The van der Waals surface area contributed by atoms with E-state index in [4.69, 9.17) is 38.8 Å². The number of phenols is 1. The van der Waals surface area contributed by atoms with Gasteiger partial charge < -0.3 is 5.11 Å². The standard InChI is InChI=1S/C73H81N3O/c1-46-38-51(48-32-35-73(14,15)36-33-48)28-30-58(46)50-26-24-47(25-27-50)52-34-37-74-63(42-52)54-39-53(40-56(41-54)70(5,6)7)59-22-19-23-65-66(59)75-68(61-44-57(71(8,9)10)45-62(67(61)77)72(11,12)13)76(65)64-31-29-55(69(2,3)4)43-60(64)49-20-17-16-18-21-49/h16-31,34,37-45,48,77H,32-33,35-36H2,1-15H3/i1D3,8D3,9D3,10D3,11D3,12D3,13D3,34D,42D,45D,48D. The molecule has 1 aliphatic carbocycles. The molecule has 0 spiro atoms. The third kappa shape index (κ3) is 10.8. The number of aromatic nitrogens is 3. The Bertz CT molecular complexity index is 4620. The monoisotopic (exact) mass is 1040 g/mol. The van der Waals surface area contributed by atoms with E-state index < -0.39 is 110 Å². The van der Waals surface area contributed by atoms with Gasteiger partial charge in [0.25, 0.3) is 0 Å². The van der Waals surface area contributed by atoms with Crippen molar-refractivity contribution in [3.63, 3.8) is 0 Å². The quantitative estimate of drug-likeness (QED) is 0.165. The number of pyridine rings is 1. The van der Waals surface area contributed by atoms with Crippen LogP contribution in [0.1, 0.15) is 196 Å². The lowest BCUT2D eigenvalue weighted by molar-refractivity contribution is 0.224. The van der Waals surface area contributed by atoms with Gasteiger partial charge in [-0.1, -0.05) is 200 Å². The second-order valence-corrected chi connectivity index (χ2v) is 23.5. The molecule has 7 aromatic carbocycles. The molecule has 1 aliphatic rings. The van der Waals surface area contributed by atoms with Gasteiger partial charge in [0.05, 0.1) is 32.1 Å². The van der Waals surface area contributed by atoms with Gasteiger partial charge in [-0.15, -0.1) is 0 Å². The number of hydrogen-bond acceptors (Lipinski definition) is 3. The molecule has 0 saturated heterocycles. The van der Waals surface area contributed by atoms with Gasteiger partial charge in [-0.25, -0.2) is 4.98 Å². The second-order valence-electron chi connectivity index (χ2n) is 23.5. The number of benzene rings is 7. The molecule has 0 aliphatic heterocycles. The van der Waals surface area contributed by atoms with Crippen molar-refractivity contribution in [2.24, 2.45) is 5.41 Å². The van der Waals surface area contributed by atoms with E-state index in [2.05, 4.69) is 13.8 Å². The Morgan fingerprint density at radius 3 is 1.95 bits per heavy atom. The zero-order chi connectivity index (χ0) is 76.0. The fourth-order valence-electron chi connectivity index (χ4n) is 10.4. The van der Waals surface area contributed by atoms with Crippen molar-refractivity contribution < 1.29 is 39.4 Å². The summed E-state index contributed by atoms with van der Waals surface area (Å²) in [4.78, 5) is 9.89. The number of fused-ring (bicyclic) bond motifs is 1. The number of aromatic hydroxyl groups is 1. The fourth-order valence-corrected chi connectivity index (χ4v) is 10.4. The highest BCUT2D eigenvalue weighted by atomic mass is 16.3. The van der Waals surface area contributed by atoms with Crippen LogP contribution in [0.4, 0.5) is 0 Å². The van der Waals surface area contributed by atoms with Crippen LogP contribution in [-0.4, -0.2) is 19.6 Å². The number of imidazole rings is 1. The molecule has 0 atom stereocenters. The highest BCUT2D eigenvalue weighted by Gasteiger charge is 2.31. The molecule has 0 amide bonds. The van der Waals surface area contributed by atoms with Crippen molar-refractivity contribution in [1.82, 2.24) is 14.5 Å². The number of aryl methyl sites for hydroxylation is 1. The van der Waals surface area contributed by atoms with E-state index in [1.165, 1.54) is 10.8 Å². The first-order valence-electron chi connectivity index (χ1n) is 38.5. The van der Waals surface area contributed by atoms with E-state index in [-0.39, 0.29) is 56.6 Å². The topological polar surface area (TPSA) is 50.9 Å². The Hall–Kier alpha value is -7.04. The van der Waals surface area contributed by atoms with Gasteiger partial charge in [0, 0.05) is 58.6 Å². The molecule has 4 heteroatoms. The van der Waals surface area contributed by atoms with Crippen molar-refractivity contribution in [3.8, 4) is 78.6 Å². The summed E-state index contributed by atoms with van der Waals surface area (Å²) >= 11 is 0. The van der Waals surface area contributed by atoms with Crippen LogP contribution in [-0.2, 0) is 21.7 Å². The zero-order valence-corrected chi connectivity index (χ0v) is 44.9. The number of para-hydroxylation sites is 1. The van der Waals surface area contributed by atoms with Crippen molar-refractivity contribution in [2.75, 3.05) is 0 Å². The maximum Gasteiger partial charge on any atom is 0.149 e. The van der Waals surface area contributed by atoms with E-state index in [0.717, 1.165) is 18.4 Å². The first-order chi connectivity index (χ1) is 46.6. The molecule has 1 fully saturated rings. The molecule has 1 saturated carbocycles. The van der Waals surface area contributed by atoms with Crippen LogP contribution in [0.2, 0.25) is 0 Å². The Balaban J connectivity index is 1.28. The van der Waals surface area contributed by atoms with Gasteiger partial charge in [0.1, 0.15) is 11.6 Å². The largest absolute Gasteiger partial charge is 0.507 e. The van der Waals surface area contributed by atoms with E-state index in [9.17, 15) is 10.6 Å². The first-order valence-corrected chi connectivity index (χ1v) is 26.0. The lowest BCUT2D eigenvalue weighted by Gasteiger charge is -2.34. The first kappa shape index (κ1) is 30.8. The van der Waals surface area contributed by atoms with Crippen LogP contribution in [0.15, 0.2) is 158 Å². The van der Waals surface area contributed by atoms with Crippen molar-refractivity contribution in [1.29, 1.82) is 0 Å². The third-order valence-corrected chi connectivity index (χ3v) is 15.1. The van der Waals surface area contributed by atoms with Gasteiger partial charge >= 0.3 is 0 Å². The highest BCUT2D eigenvalue weighted by Crippen LogP contribution is 2.47. The summed E-state index contributed by atoms with van der Waals surface area (Å²) in [6.45, 7) is -12.1. The molecule has 2 aromatic heterocycles. The van der Waals surface area contributed by atoms with E-state index >= 15 is 0 Å². The molecular formula is C73H81N3O. The molecule has 0 radical (unpaired) electrons. The van der Waals surface area contributed by atoms with Gasteiger partial charge in [-0.3, -0.25) is 9.55 Å². The third-order valence-electron chi connectivity index (χ3n) is 15.1. The summed E-state index contributed by atoms with van der Waals surface area (Å²) in [5, 5.41) is 13.3. The van der Waals surface area contributed by atoms with Gasteiger partial charge in [-0.2, -0.15) is 0 Å². The van der Waals surface area contributed by atoms with Crippen LogP contribution in [0.3, 0.4) is 0 Å². The summed E-state index contributed by atoms with van der Waals surface area (Å²) in [5.74, 6) is -3.10. The maximum atomic E-state index is 13.3. The maximum absolute atomic E-state index is 13.3. The Labute approximate surface area is 495 Å². The summed E-state index contributed by atoms with van der Waals surface area (Å²) < 4.78 is 225. The molecule has 4 nitrogen and oxygen atoms in total.